The van der Waals surface area contributed by atoms with Crippen LogP contribution < -0.4 is 19.9 Å². The van der Waals surface area contributed by atoms with Crippen LogP contribution in [0.2, 0.25) is 0 Å². The summed E-state index contributed by atoms with van der Waals surface area (Å²) < 4.78 is 5.56. The number of methoxy groups -OCH3 is 1. The minimum atomic E-state index is 0.0709. The van der Waals surface area contributed by atoms with Crippen LogP contribution in [0.4, 0.5) is 17.1 Å². The van der Waals surface area contributed by atoms with E-state index in [-0.39, 0.29) is 17.7 Å². The highest BCUT2D eigenvalue weighted by Crippen LogP contribution is 2.32. The van der Waals surface area contributed by atoms with Crippen molar-refractivity contribution in [3.05, 3.63) is 48.0 Å². The Balaban J connectivity index is 1.35. The molecule has 7 heteroatoms. The minimum Gasteiger partial charge on any atom is -0.495 e. The van der Waals surface area contributed by atoms with E-state index in [1.807, 2.05) is 41.3 Å². The van der Waals surface area contributed by atoms with Gasteiger partial charge in [0.15, 0.2) is 0 Å². The van der Waals surface area contributed by atoms with Crippen LogP contribution in [0.3, 0.4) is 0 Å². The van der Waals surface area contributed by atoms with Gasteiger partial charge in [-0.15, -0.1) is 0 Å². The number of carbonyl (C=O) groups is 2. The molecule has 1 N–H and O–H groups in total. The number of amides is 2. The average Bonchev–Trinajstić information content (AvgIpc) is 3.63. The van der Waals surface area contributed by atoms with Crippen molar-refractivity contribution in [2.75, 3.05) is 61.5 Å². The molecule has 2 amide bonds. The molecule has 186 valence electrons. The van der Waals surface area contributed by atoms with Gasteiger partial charge in [0, 0.05) is 56.6 Å². The molecule has 0 atom stereocenters. The maximum atomic E-state index is 13.5. The fraction of sp³-hybridized carbons (Fsp3) is 0.500. The van der Waals surface area contributed by atoms with Gasteiger partial charge in [-0.2, -0.15) is 0 Å². The zero-order valence-corrected chi connectivity index (χ0v) is 20.7. The van der Waals surface area contributed by atoms with Gasteiger partial charge in [0.05, 0.1) is 18.4 Å². The van der Waals surface area contributed by atoms with Crippen LogP contribution in [0.25, 0.3) is 0 Å². The number of rotatable bonds is 6. The molecule has 35 heavy (non-hydrogen) atoms. The Morgan fingerprint density at radius 3 is 2.17 bits per heavy atom. The number of benzene rings is 2. The van der Waals surface area contributed by atoms with E-state index in [0.29, 0.717) is 5.56 Å². The molecule has 2 heterocycles. The monoisotopic (exact) mass is 476 g/mol. The van der Waals surface area contributed by atoms with Crippen LogP contribution in [-0.2, 0) is 4.79 Å². The molecule has 0 unspecified atom stereocenters. The first-order valence-electron chi connectivity index (χ1n) is 13.0. The van der Waals surface area contributed by atoms with Crippen molar-refractivity contribution >= 4 is 28.9 Å². The van der Waals surface area contributed by atoms with Gasteiger partial charge in [0.1, 0.15) is 5.75 Å². The second-order valence-corrected chi connectivity index (χ2v) is 9.85. The molecule has 0 spiro atoms. The Labute approximate surface area is 208 Å². The van der Waals surface area contributed by atoms with E-state index in [9.17, 15) is 9.59 Å². The molecule has 2 aromatic rings. The van der Waals surface area contributed by atoms with Crippen LogP contribution in [-0.4, -0.2) is 63.1 Å². The number of hydrogen-bond acceptors (Lipinski definition) is 5. The first-order valence-corrected chi connectivity index (χ1v) is 13.0. The summed E-state index contributed by atoms with van der Waals surface area (Å²) in [5.41, 5.74) is 3.48. The summed E-state index contributed by atoms with van der Waals surface area (Å²) in [5, 5.41) is 3.09. The Morgan fingerprint density at radius 1 is 0.829 bits per heavy atom. The summed E-state index contributed by atoms with van der Waals surface area (Å²) >= 11 is 0. The van der Waals surface area contributed by atoms with E-state index in [1.165, 1.54) is 0 Å². The van der Waals surface area contributed by atoms with E-state index in [0.717, 1.165) is 101 Å². The van der Waals surface area contributed by atoms with Crippen molar-refractivity contribution in [2.24, 2.45) is 5.92 Å². The normalized spacial score (nSPS) is 18.7. The van der Waals surface area contributed by atoms with Gasteiger partial charge in [0.2, 0.25) is 5.91 Å². The number of anilines is 3. The molecule has 7 nitrogen and oxygen atoms in total. The Hall–Kier alpha value is -3.22. The molecule has 5 rings (SSSR count). The number of piperazine rings is 1. The summed E-state index contributed by atoms with van der Waals surface area (Å²) in [5.74, 6) is 1.13. The van der Waals surface area contributed by atoms with Gasteiger partial charge < -0.3 is 24.8 Å². The van der Waals surface area contributed by atoms with Gasteiger partial charge in [-0.3, -0.25) is 9.59 Å². The summed E-state index contributed by atoms with van der Waals surface area (Å²) in [6.45, 7) is 4.92. The van der Waals surface area contributed by atoms with E-state index in [2.05, 4.69) is 21.2 Å². The Bertz CT molecular complexity index is 1050. The third kappa shape index (κ3) is 5.09. The molecule has 2 saturated heterocycles. The second-order valence-electron chi connectivity index (χ2n) is 9.85. The van der Waals surface area contributed by atoms with Crippen molar-refractivity contribution < 1.29 is 14.3 Å². The molecule has 3 aliphatic rings. The third-order valence-electron chi connectivity index (χ3n) is 7.66. The fourth-order valence-corrected chi connectivity index (χ4v) is 5.66. The fourth-order valence-electron chi connectivity index (χ4n) is 5.66. The Morgan fingerprint density at radius 2 is 1.49 bits per heavy atom. The van der Waals surface area contributed by atoms with Crippen LogP contribution in [0.15, 0.2) is 42.5 Å². The quantitative estimate of drug-likeness (QED) is 0.670. The molecular weight excluding hydrogens is 440 g/mol. The van der Waals surface area contributed by atoms with Crippen molar-refractivity contribution in [1.29, 1.82) is 0 Å². The summed E-state index contributed by atoms with van der Waals surface area (Å²) in [6, 6.07) is 14.0. The molecule has 2 aliphatic heterocycles. The molecule has 0 bridgehead atoms. The smallest absolute Gasteiger partial charge is 0.256 e. The first kappa shape index (κ1) is 23.5. The molecule has 1 aliphatic carbocycles. The second kappa shape index (κ2) is 10.6. The number of nitrogens with zero attached hydrogens (tertiary/aromatic N) is 3. The van der Waals surface area contributed by atoms with Crippen LogP contribution in [0, 0.1) is 5.92 Å². The predicted octanol–water partition coefficient (Wildman–Crippen LogP) is 4.39. The van der Waals surface area contributed by atoms with E-state index < -0.39 is 0 Å². The zero-order chi connectivity index (χ0) is 24.2. The van der Waals surface area contributed by atoms with E-state index in [4.69, 9.17) is 4.74 Å². The summed E-state index contributed by atoms with van der Waals surface area (Å²) in [7, 11) is 1.71. The summed E-state index contributed by atoms with van der Waals surface area (Å²) in [4.78, 5) is 32.9. The van der Waals surface area contributed by atoms with Crippen molar-refractivity contribution in [1.82, 2.24) is 4.90 Å². The summed E-state index contributed by atoms with van der Waals surface area (Å²) in [6.07, 6.45) is 6.26. The van der Waals surface area contributed by atoms with E-state index >= 15 is 0 Å². The predicted molar refractivity (Wildman–Crippen MR) is 140 cm³/mol. The Kier molecular flexibility index (Phi) is 7.11. The van der Waals surface area contributed by atoms with Crippen LogP contribution in [0.5, 0.6) is 5.75 Å². The lowest BCUT2D eigenvalue weighted by molar-refractivity contribution is -0.119. The third-order valence-corrected chi connectivity index (χ3v) is 7.66. The van der Waals surface area contributed by atoms with Gasteiger partial charge in [-0.25, -0.2) is 0 Å². The molecule has 0 aromatic heterocycles. The number of hydrogen-bond donors (Lipinski definition) is 1. The topological polar surface area (TPSA) is 65.1 Å². The highest BCUT2D eigenvalue weighted by Gasteiger charge is 2.28. The SMILES string of the molecule is COc1ccccc1N1CCN(c2ccc(NC(=O)C3CCCC3)cc2C(=O)N2CCCC2)CC1. The van der Waals surface area contributed by atoms with Gasteiger partial charge in [-0.05, 0) is 56.0 Å². The average molecular weight is 477 g/mol. The number of ether oxygens (including phenoxy) is 1. The number of nitrogens with one attached hydrogen (secondary N) is 1. The zero-order valence-electron chi connectivity index (χ0n) is 20.7. The van der Waals surface area contributed by atoms with Crippen LogP contribution >= 0.6 is 0 Å². The van der Waals surface area contributed by atoms with E-state index in [1.54, 1.807) is 7.11 Å². The van der Waals surface area contributed by atoms with Gasteiger partial charge in [0.25, 0.3) is 5.91 Å². The molecule has 1 saturated carbocycles. The molecule has 2 aromatic carbocycles. The van der Waals surface area contributed by atoms with Crippen molar-refractivity contribution in [2.45, 2.75) is 38.5 Å². The lowest BCUT2D eigenvalue weighted by Crippen LogP contribution is -2.47. The minimum absolute atomic E-state index is 0.0709. The number of likely N-dealkylation sites (tertiary alicyclic amines) is 1. The molecule has 3 fully saturated rings. The largest absolute Gasteiger partial charge is 0.495 e. The highest BCUT2D eigenvalue weighted by atomic mass is 16.5. The first-order chi connectivity index (χ1) is 17.1. The van der Waals surface area contributed by atoms with Gasteiger partial charge in [-0.1, -0.05) is 25.0 Å². The number of para-hydroxylation sites is 2. The molecular formula is C28H36N4O3. The highest BCUT2D eigenvalue weighted by molar-refractivity contribution is 6.02. The van der Waals surface area contributed by atoms with Crippen molar-refractivity contribution in [3.8, 4) is 5.75 Å². The van der Waals surface area contributed by atoms with Crippen molar-refractivity contribution in [3.63, 3.8) is 0 Å². The lowest BCUT2D eigenvalue weighted by atomic mass is 10.1. The molecule has 0 radical (unpaired) electrons. The maximum absolute atomic E-state index is 13.5. The lowest BCUT2D eigenvalue weighted by Gasteiger charge is -2.38. The maximum Gasteiger partial charge on any atom is 0.256 e. The van der Waals surface area contributed by atoms with Crippen LogP contribution in [0.1, 0.15) is 48.9 Å². The number of carbonyl (C=O) groups excluding carboxylic acids is 2. The standard InChI is InChI=1S/C28H36N4O3/c1-35-26-11-5-4-10-25(26)31-18-16-30(17-19-31)24-13-12-22(29-27(33)21-8-2-3-9-21)20-23(24)28(34)32-14-6-7-15-32/h4-5,10-13,20-21H,2-3,6-9,14-19H2,1H3,(H,29,33). The van der Waals surface area contributed by atoms with Gasteiger partial charge >= 0.3 is 0 Å².